The predicted octanol–water partition coefficient (Wildman–Crippen LogP) is 4.53. The number of nitrogens with zero attached hydrogens (tertiary/aromatic N) is 2. The maximum atomic E-state index is 12.9. The molecule has 0 atom stereocenters. The number of ether oxygens (including phenoxy) is 3. The Balaban J connectivity index is 1.63. The molecule has 192 valence electrons. The molecule has 1 aliphatic heterocycles. The van der Waals surface area contributed by atoms with Crippen LogP contribution in [0.25, 0.3) is 22.0 Å². The number of nitrogens with one attached hydrogen (secondary N) is 3. The fourth-order valence-corrected chi connectivity index (χ4v) is 5.00. The summed E-state index contributed by atoms with van der Waals surface area (Å²) in [5, 5.41) is 8.01. The van der Waals surface area contributed by atoms with E-state index in [9.17, 15) is 4.79 Å². The second kappa shape index (κ2) is 10.5. The average molecular weight is 502 g/mol. The van der Waals surface area contributed by atoms with Crippen molar-refractivity contribution in [1.29, 1.82) is 0 Å². The lowest BCUT2D eigenvalue weighted by atomic mass is 9.87. The minimum absolute atomic E-state index is 0.235. The van der Waals surface area contributed by atoms with Gasteiger partial charge >= 0.3 is 0 Å². The Morgan fingerprint density at radius 3 is 2.51 bits per heavy atom. The highest BCUT2D eigenvalue weighted by Gasteiger charge is 2.21. The van der Waals surface area contributed by atoms with Gasteiger partial charge in [-0.25, -0.2) is 4.98 Å². The molecule has 3 aromatic heterocycles. The van der Waals surface area contributed by atoms with Gasteiger partial charge in [0.25, 0.3) is 5.56 Å². The van der Waals surface area contributed by atoms with Crippen molar-refractivity contribution in [2.75, 3.05) is 39.7 Å². The number of aryl methyl sites for hydroxylation is 1. The molecular formula is C28H31N5O4. The lowest BCUT2D eigenvalue weighted by Gasteiger charge is -2.26. The third kappa shape index (κ3) is 4.82. The number of aromatic nitrogens is 3. The third-order valence-electron chi connectivity index (χ3n) is 6.89. The van der Waals surface area contributed by atoms with Gasteiger partial charge in [0, 0.05) is 12.3 Å². The lowest BCUT2D eigenvalue weighted by Crippen LogP contribution is -2.27. The Labute approximate surface area is 215 Å². The van der Waals surface area contributed by atoms with Gasteiger partial charge in [0.2, 0.25) is 11.8 Å². The van der Waals surface area contributed by atoms with Crippen LogP contribution in [0.1, 0.15) is 29.9 Å². The number of H-pyrrole nitrogens is 1. The van der Waals surface area contributed by atoms with Crippen molar-refractivity contribution in [2.24, 2.45) is 0 Å². The number of benzene rings is 1. The Hall–Kier alpha value is -4.11. The maximum Gasteiger partial charge on any atom is 0.259 e. The third-order valence-corrected chi connectivity index (χ3v) is 6.89. The summed E-state index contributed by atoms with van der Waals surface area (Å²) < 4.78 is 16.5. The van der Waals surface area contributed by atoms with Crippen LogP contribution in [0.4, 0.5) is 11.5 Å². The molecule has 0 radical (unpaired) electrons. The Morgan fingerprint density at radius 1 is 0.973 bits per heavy atom. The molecule has 5 rings (SSSR count). The lowest BCUT2D eigenvalue weighted by molar-refractivity contribution is 0.366. The number of hydrogen-bond acceptors (Lipinski definition) is 8. The average Bonchev–Trinajstić information content (AvgIpc) is 2.93. The normalized spacial score (nSPS) is 13.9. The monoisotopic (exact) mass is 501 g/mol. The molecular weight excluding hydrogens is 470 g/mol. The molecule has 1 aliphatic rings. The van der Waals surface area contributed by atoms with E-state index in [-0.39, 0.29) is 5.56 Å². The Kier molecular flexibility index (Phi) is 6.96. The highest BCUT2D eigenvalue weighted by Crippen LogP contribution is 2.38. The number of rotatable bonds is 7. The van der Waals surface area contributed by atoms with Crippen molar-refractivity contribution in [2.45, 2.75) is 25.7 Å². The standard InChI is InChI=1S/C28H31N5O4/c1-16-13-22(23(35-2)15-20(16)17-7-10-29-11-8-17)32-26-25-18(9-12-30-27(25)34)14-21(31-26)19-5-6-24(36-3)33-28(19)37-4/h5-6,9,12-15,17,29H,7-8,10-11H2,1-4H3,(H,30,34)(H,31,32). The summed E-state index contributed by atoms with van der Waals surface area (Å²) in [4.78, 5) is 24.9. The van der Waals surface area contributed by atoms with Gasteiger partial charge < -0.3 is 29.8 Å². The number of hydrogen-bond donors (Lipinski definition) is 3. The van der Waals surface area contributed by atoms with E-state index in [0.717, 1.165) is 37.0 Å². The van der Waals surface area contributed by atoms with Crippen LogP contribution in [0.15, 0.2) is 47.4 Å². The van der Waals surface area contributed by atoms with Crippen molar-refractivity contribution in [3.63, 3.8) is 0 Å². The number of aromatic amines is 1. The van der Waals surface area contributed by atoms with E-state index in [1.807, 2.05) is 18.2 Å². The van der Waals surface area contributed by atoms with Gasteiger partial charge in [0.1, 0.15) is 11.6 Å². The molecule has 37 heavy (non-hydrogen) atoms. The van der Waals surface area contributed by atoms with Crippen LogP contribution in [0, 0.1) is 6.92 Å². The number of pyridine rings is 3. The van der Waals surface area contributed by atoms with Crippen LogP contribution in [0.5, 0.6) is 17.5 Å². The predicted molar refractivity (Wildman–Crippen MR) is 145 cm³/mol. The maximum absolute atomic E-state index is 12.9. The van der Waals surface area contributed by atoms with E-state index < -0.39 is 0 Å². The zero-order valence-electron chi connectivity index (χ0n) is 21.5. The summed E-state index contributed by atoms with van der Waals surface area (Å²) in [6.07, 6.45) is 3.82. The molecule has 9 nitrogen and oxygen atoms in total. The van der Waals surface area contributed by atoms with Crippen LogP contribution < -0.4 is 30.4 Å². The first-order valence-electron chi connectivity index (χ1n) is 12.3. The van der Waals surface area contributed by atoms with Gasteiger partial charge in [-0.15, -0.1) is 0 Å². The first kappa shape index (κ1) is 24.6. The van der Waals surface area contributed by atoms with E-state index in [1.165, 1.54) is 11.1 Å². The summed E-state index contributed by atoms with van der Waals surface area (Å²) in [7, 11) is 4.76. The molecule has 1 fully saturated rings. The first-order valence-corrected chi connectivity index (χ1v) is 12.3. The zero-order valence-corrected chi connectivity index (χ0v) is 21.5. The van der Waals surface area contributed by atoms with Crippen LogP contribution in [-0.2, 0) is 0 Å². The first-order chi connectivity index (χ1) is 18.0. The summed E-state index contributed by atoms with van der Waals surface area (Å²) in [5.74, 6) is 2.42. The molecule has 0 amide bonds. The van der Waals surface area contributed by atoms with Crippen LogP contribution in [-0.4, -0.2) is 49.4 Å². The zero-order chi connectivity index (χ0) is 25.9. The van der Waals surface area contributed by atoms with E-state index in [0.29, 0.717) is 45.9 Å². The van der Waals surface area contributed by atoms with E-state index in [4.69, 9.17) is 19.2 Å². The fraction of sp³-hybridized carbons (Fsp3) is 0.321. The van der Waals surface area contributed by atoms with Crippen molar-refractivity contribution < 1.29 is 14.2 Å². The summed E-state index contributed by atoms with van der Waals surface area (Å²) in [5.41, 5.74) is 4.26. The van der Waals surface area contributed by atoms with Crippen LogP contribution in [0.2, 0.25) is 0 Å². The van der Waals surface area contributed by atoms with Gasteiger partial charge in [0.05, 0.1) is 43.7 Å². The number of anilines is 2. The quantitative estimate of drug-likeness (QED) is 0.339. The minimum atomic E-state index is -0.235. The van der Waals surface area contributed by atoms with Crippen molar-refractivity contribution >= 4 is 22.3 Å². The van der Waals surface area contributed by atoms with Gasteiger partial charge in [0.15, 0.2) is 0 Å². The molecule has 9 heteroatoms. The van der Waals surface area contributed by atoms with Gasteiger partial charge in [-0.3, -0.25) is 4.79 Å². The van der Waals surface area contributed by atoms with Gasteiger partial charge in [-0.2, -0.15) is 4.98 Å². The molecule has 4 aromatic rings. The topological polar surface area (TPSA) is 110 Å². The van der Waals surface area contributed by atoms with E-state index in [1.54, 1.807) is 33.6 Å². The minimum Gasteiger partial charge on any atom is -0.495 e. The Bertz CT molecular complexity index is 1490. The molecule has 0 saturated carbocycles. The fourth-order valence-electron chi connectivity index (χ4n) is 5.00. The Morgan fingerprint density at radius 2 is 1.78 bits per heavy atom. The highest BCUT2D eigenvalue weighted by atomic mass is 16.5. The molecule has 0 bridgehead atoms. The number of methoxy groups -OCH3 is 3. The number of piperidine rings is 1. The van der Waals surface area contributed by atoms with Crippen molar-refractivity contribution in [3.05, 3.63) is 64.1 Å². The number of fused-ring (bicyclic) bond motifs is 1. The molecule has 4 heterocycles. The molecule has 3 N–H and O–H groups in total. The van der Waals surface area contributed by atoms with Crippen LogP contribution >= 0.6 is 0 Å². The van der Waals surface area contributed by atoms with Crippen LogP contribution in [0.3, 0.4) is 0 Å². The second-order valence-corrected chi connectivity index (χ2v) is 9.10. The van der Waals surface area contributed by atoms with E-state index in [2.05, 4.69) is 39.7 Å². The highest BCUT2D eigenvalue weighted by molar-refractivity contribution is 5.96. The van der Waals surface area contributed by atoms with Gasteiger partial charge in [-0.1, -0.05) is 0 Å². The SMILES string of the molecule is COc1ccc(-c2cc3cc[nH]c(=O)c3c(Nc3cc(C)c(C4CCNCC4)cc3OC)n2)c(OC)n1. The second-order valence-electron chi connectivity index (χ2n) is 9.10. The van der Waals surface area contributed by atoms with Crippen molar-refractivity contribution in [3.8, 4) is 28.8 Å². The molecule has 0 spiro atoms. The van der Waals surface area contributed by atoms with Gasteiger partial charge in [-0.05, 0) is 85.6 Å². The molecule has 0 aliphatic carbocycles. The molecule has 0 unspecified atom stereocenters. The summed E-state index contributed by atoms with van der Waals surface area (Å²) in [6, 6.07) is 11.5. The summed E-state index contributed by atoms with van der Waals surface area (Å²) in [6.45, 7) is 4.15. The van der Waals surface area contributed by atoms with E-state index >= 15 is 0 Å². The molecule has 1 saturated heterocycles. The molecule has 1 aromatic carbocycles. The summed E-state index contributed by atoms with van der Waals surface area (Å²) >= 11 is 0. The largest absolute Gasteiger partial charge is 0.495 e. The van der Waals surface area contributed by atoms with Crippen molar-refractivity contribution in [1.82, 2.24) is 20.3 Å². The smallest absolute Gasteiger partial charge is 0.259 e.